The van der Waals surface area contributed by atoms with Gasteiger partial charge >= 0.3 is 0 Å². The molecule has 0 fully saturated rings. The van der Waals surface area contributed by atoms with Crippen molar-refractivity contribution in [2.45, 2.75) is 0 Å². The lowest BCUT2D eigenvalue weighted by molar-refractivity contribution is 0.104. The number of allylic oxidation sites excluding steroid dienone is 1. The van der Waals surface area contributed by atoms with Crippen LogP contribution in [0.25, 0.3) is 17.4 Å². The van der Waals surface area contributed by atoms with Crippen molar-refractivity contribution >= 4 is 43.7 Å². The number of rotatable bonds is 4. The molecule has 0 bridgehead atoms. The Morgan fingerprint density at radius 3 is 2.09 bits per heavy atom. The van der Waals surface area contributed by atoms with Gasteiger partial charge in [-0.25, -0.2) is 0 Å². The Kier molecular flexibility index (Phi) is 4.94. The second-order valence-corrected chi connectivity index (χ2v) is 6.74. The molecule has 0 saturated heterocycles. The Bertz CT molecular complexity index is 844. The standard InChI is InChI=1S/C19H12Br2O2/c20-15-5-1-13(2-6-15)18(22)11-9-17-10-12-19(23-17)14-3-7-16(21)8-4-14/h1-12H/b11-9+. The topological polar surface area (TPSA) is 30.2 Å². The third-order valence-corrected chi connectivity index (χ3v) is 4.34. The Labute approximate surface area is 151 Å². The zero-order valence-electron chi connectivity index (χ0n) is 12.0. The Morgan fingerprint density at radius 1 is 0.826 bits per heavy atom. The van der Waals surface area contributed by atoms with E-state index in [2.05, 4.69) is 31.9 Å². The number of hydrogen-bond donors (Lipinski definition) is 0. The maximum absolute atomic E-state index is 12.1. The fraction of sp³-hybridized carbons (Fsp3) is 0. The SMILES string of the molecule is O=C(/C=C/c1ccc(-c2ccc(Br)cc2)o1)c1ccc(Br)cc1. The summed E-state index contributed by atoms with van der Waals surface area (Å²) in [6, 6.07) is 18.9. The van der Waals surface area contributed by atoms with E-state index in [4.69, 9.17) is 4.42 Å². The van der Waals surface area contributed by atoms with Crippen LogP contribution in [0.1, 0.15) is 16.1 Å². The molecule has 114 valence electrons. The fourth-order valence-corrected chi connectivity index (χ4v) is 2.61. The number of ketones is 1. The van der Waals surface area contributed by atoms with Gasteiger partial charge in [0.1, 0.15) is 11.5 Å². The maximum Gasteiger partial charge on any atom is 0.185 e. The highest BCUT2D eigenvalue weighted by Gasteiger charge is 2.05. The molecular formula is C19H12Br2O2. The average molecular weight is 432 g/mol. The third kappa shape index (κ3) is 4.09. The highest BCUT2D eigenvalue weighted by molar-refractivity contribution is 9.10. The summed E-state index contributed by atoms with van der Waals surface area (Å²) in [4.78, 5) is 12.1. The quantitative estimate of drug-likeness (QED) is 0.355. The molecule has 0 unspecified atom stereocenters. The Morgan fingerprint density at radius 2 is 1.43 bits per heavy atom. The summed E-state index contributed by atoms with van der Waals surface area (Å²) >= 11 is 6.76. The van der Waals surface area contributed by atoms with E-state index in [1.54, 1.807) is 18.2 Å². The van der Waals surface area contributed by atoms with E-state index >= 15 is 0 Å². The molecule has 0 aliphatic rings. The molecule has 1 aromatic heterocycles. The number of carbonyl (C=O) groups is 1. The van der Waals surface area contributed by atoms with Crippen molar-refractivity contribution in [3.05, 3.63) is 87.0 Å². The summed E-state index contributed by atoms with van der Waals surface area (Å²) < 4.78 is 7.72. The van der Waals surface area contributed by atoms with Gasteiger partial charge in [0.05, 0.1) is 0 Å². The van der Waals surface area contributed by atoms with Crippen molar-refractivity contribution < 1.29 is 9.21 Å². The summed E-state index contributed by atoms with van der Waals surface area (Å²) in [5, 5.41) is 0. The first-order valence-corrected chi connectivity index (χ1v) is 8.54. The molecular weight excluding hydrogens is 420 g/mol. The number of hydrogen-bond acceptors (Lipinski definition) is 2. The Hall–Kier alpha value is -1.91. The van der Waals surface area contributed by atoms with Gasteiger partial charge in [0.25, 0.3) is 0 Å². The lowest BCUT2D eigenvalue weighted by atomic mass is 10.1. The first-order valence-electron chi connectivity index (χ1n) is 6.95. The van der Waals surface area contributed by atoms with Gasteiger partial charge in [-0.05, 0) is 60.7 Å². The van der Waals surface area contributed by atoms with Crippen LogP contribution in [-0.2, 0) is 0 Å². The monoisotopic (exact) mass is 430 g/mol. The lowest BCUT2D eigenvalue weighted by Crippen LogP contribution is -1.92. The fourth-order valence-electron chi connectivity index (χ4n) is 2.08. The minimum Gasteiger partial charge on any atom is -0.457 e. The molecule has 0 radical (unpaired) electrons. The summed E-state index contributed by atoms with van der Waals surface area (Å²) in [5.74, 6) is 1.36. The molecule has 0 aliphatic heterocycles. The van der Waals surface area contributed by atoms with Crippen LogP contribution in [0.2, 0.25) is 0 Å². The highest BCUT2D eigenvalue weighted by atomic mass is 79.9. The average Bonchev–Trinajstić information content (AvgIpc) is 3.03. The summed E-state index contributed by atoms with van der Waals surface area (Å²) in [6.07, 6.45) is 3.21. The van der Waals surface area contributed by atoms with E-state index in [-0.39, 0.29) is 5.78 Å². The highest BCUT2D eigenvalue weighted by Crippen LogP contribution is 2.24. The maximum atomic E-state index is 12.1. The van der Waals surface area contributed by atoms with Gasteiger partial charge in [0, 0.05) is 20.1 Å². The van der Waals surface area contributed by atoms with Gasteiger partial charge < -0.3 is 4.42 Å². The molecule has 0 N–H and O–H groups in total. The minimum absolute atomic E-state index is 0.0564. The van der Waals surface area contributed by atoms with Gasteiger partial charge in [-0.2, -0.15) is 0 Å². The smallest absolute Gasteiger partial charge is 0.185 e. The van der Waals surface area contributed by atoms with E-state index in [1.807, 2.05) is 48.5 Å². The minimum atomic E-state index is -0.0564. The van der Waals surface area contributed by atoms with Crippen molar-refractivity contribution in [3.8, 4) is 11.3 Å². The molecule has 0 saturated carbocycles. The molecule has 0 spiro atoms. The van der Waals surface area contributed by atoms with Crippen LogP contribution >= 0.6 is 31.9 Å². The van der Waals surface area contributed by atoms with Gasteiger partial charge in [-0.3, -0.25) is 4.79 Å². The molecule has 1 heterocycles. The predicted molar refractivity (Wildman–Crippen MR) is 99.4 cm³/mol. The molecule has 2 nitrogen and oxygen atoms in total. The summed E-state index contributed by atoms with van der Waals surface area (Å²) in [6.45, 7) is 0. The molecule has 0 atom stereocenters. The Balaban J connectivity index is 1.74. The van der Waals surface area contributed by atoms with Crippen molar-refractivity contribution in [2.75, 3.05) is 0 Å². The third-order valence-electron chi connectivity index (χ3n) is 3.28. The normalized spacial score (nSPS) is 11.0. The van der Waals surface area contributed by atoms with Crippen LogP contribution < -0.4 is 0 Å². The van der Waals surface area contributed by atoms with E-state index < -0.39 is 0 Å². The van der Waals surface area contributed by atoms with Crippen LogP contribution in [-0.4, -0.2) is 5.78 Å². The van der Waals surface area contributed by atoms with Crippen molar-refractivity contribution in [1.29, 1.82) is 0 Å². The molecule has 23 heavy (non-hydrogen) atoms. The van der Waals surface area contributed by atoms with Crippen molar-refractivity contribution in [1.82, 2.24) is 0 Å². The van der Waals surface area contributed by atoms with Crippen molar-refractivity contribution in [2.24, 2.45) is 0 Å². The zero-order valence-corrected chi connectivity index (χ0v) is 15.2. The van der Waals surface area contributed by atoms with Crippen LogP contribution in [0.4, 0.5) is 0 Å². The predicted octanol–water partition coefficient (Wildman–Crippen LogP) is 6.37. The molecule has 3 aromatic rings. The zero-order chi connectivity index (χ0) is 16.2. The summed E-state index contributed by atoms with van der Waals surface area (Å²) in [7, 11) is 0. The van der Waals surface area contributed by atoms with E-state index in [0.717, 1.165) is 20.3 Å². The van der Waals surface area contributed by atoms with E-state index in [0.29, 0.717) is 11.3 Å². The molecule has 0 amide bonds. The largest absolute Gasteiger partial charge is 0.457 e. The van der Waals surface area contributed by atoms with Crippen LogP contribution in [0.3, 0.4) is 0 Å². The number of carbonyl (C=O) groups excluding carboxylic acids is 1. The second-order valence-electron chi connectivity index (χ2n) is 4.91. The van der Waals surface area contributed by atoms with Crippen LogP contribution in [0.15, 0.2) is 80.1 Å². The number of benzene rings is 2. The molecule has 4 heteroatoms. The van der Waals surface area contributed by atoms with Crippen molar-refractivity contribution in [3.63, 3.8) is 0 Å². The molecule has 3 rings (SSSR count). The number of furan rings is 1. The number of halogens is 2. The van der Waals surface area contributed by atoms with Gasteiger partial charge in [-0.15, -0.1) is 0 Å². The van der Waals surface area contributed by atoms with Crippen LogP contribution in [0.5, 0.6) is 0 Å². The van der Waals surface area contributed by atoms with Gasteiger partial charge in [-0.1, -0.05) is 44.0 Å². The van der Waals surface area contributed by atoms with Gasteiger partial charge in [0.15, 0.2) is 5.78 Å². The first-order chi connectivity index (χ1) is 11.1. The lowest BCUT2D eigenvalue weighted by Gasteiger charge is -1.97. The molecule has 2 aromatic carbocycles. The van der Waals surface area contributed by atoms with E-state index in [1.165, 1.54) is 6.08 Å². The van der Waals surface area contributed by atoms with Gasteiger partial charge in [0.2, 0.25) is 0 Å². The molecule has 0 aliphatic carbocycles. The van der Waals surface area contributed by atoms with E-state index in [9.17, 15) is 4.79 Å². The first kappa shape index (κ1) is 16.0. The summed E-state index contributed by atoms with van der Waals surface area (Å²) in [5.41, 5.74) is 1.64. The second kappa shape index (κ2) is 7.11. The van der Waals surface area contributed by atoms with Crippen LogP contribution in [0, 0.1) is 0 Å².